The Morgan fingerprint density at radius 2 is 1.45 bits per heavy atom. The first kappa shape index (κ1) is 24.2. The molecule has 0 unspecified atom stereocenters. The van der Waals surface area contributed by atoms with Gasteiger partial charge in [-0.3, -0.25) is 0 Å². The van der Waals surface area contributed by atoms with Gasteiger partial charge in [0, 0.05) is 38.3 Å². The molecule has 0 saturated heterocycles. The third kappa shape index (κ3) is 6.29. The minimum Gasteiger partial charge on any atom is -0.305 e. The molecule has 5 rings (SSSR count). The Hall–Kier alpha value is -3.46. The van der Waals surface area contributed by atoms with Gasteiger partial charge in [-0.25, -0.2) is 4.39 Å². The van der Waals surface area contributed by atoms with Crippen LogP contribution in [0.5, 0.6) is 0 Å². The number of rotatable bonds is 3. The molecule has 33 heavy (non-hydrogen) atoms. The van der Waals surface area contributed by atoms with Crippen LogP contribution in [0, 0.1) is 24.9 Å². The molecule has 0 spiro atoms. The van der Waals surface area contributed by atoms with Crippen molar-refractivity contribution in [1.82, 2.24) is 9.97 Å². The maximum atomic E-state index is 13.4. The molecule has 1 radical (unpaired) electrons. The van der Waals surface area contributed by atoms with Crippen molar-refractivity contribution >= 4 is 0 Å². The number of benzene rings is 3. The molecule has 165 valence electrons. The molecule has 0 fully saturated rings. The Morgan fingerprint density at radius 1 is 0.697 bits per heavy atom. The first-order valence-electron chi connectivity index (χ1n) is 10.3. The van der Waals surface area contributed by atoms with Gasteiger partial charge < -0.3 is 9.97 Å². The van der Waals surface area contributed by atoms with E-state index in [1.807, 2.05) is 85.8 Å². The second-order valence-electron chi connectivity index (χ2n) is 7.13. The molecule has 0 aliphatic carbocycles. The first-order chi connectivity index (χ1) is 15.7. The minimum atomic E-state index is -0.277. The third-order valence-electron chi connectivity index (χ3n) is 4.89. The van der Waals surface area contributed by atoms with Gasteiger partial charge in [-0.05, 0) is 47.1 Å². The molecule has 3 aromatic carbocycles. The fourth-order valence-corrected chi connectivity index (χ4v) is 3.38. The second-order valence-corrected chi connectivity index (χ2v) is 7.13. The van der Waals surface area contributed by atoms with E-state index in [4.69, 9.17) is 0 Å². The quantitative estimate of drug-likeness (QED) is 0.202. The van der Waals surface area contributed by atoms with Gasteiger partial charge in [-0.15, -0.1) is 65.7 Å². The van der Waals surface area contributed by atoms with Crippen molar-refractivity contribution in [2.45, 2.75) is 6.92 Å². The Kier molecular flexibility index (Phi) is 8.77. The van der Waals surface area contributed by atoms with Crippen LogP contribution in [0.2, 0.25) is 0 Å². The van der Waals surface area contributed by atoms with E-state index in [2.05, 4.69) is 22.1 Å². The SMILES string of the molecule is Cc1ccnc(-c2[c-]ccc(F)c2)c1-c1ccccc1.[Ir].[c-]1ccccc1-c1ccccn1. The number of hydrogen-bond acceptors (Lipinski definition) is 2. The zero-order valence-electron chi connectivity index (χ0n) is 18.0. The van der Waals surface area contributed by atoms with Crippen LogP contribution >= 0.6 is 0 Å². The number of pyridine rings is 2. The summed E-state index contributed by atoms with van der Waals surface area (Å²) in [6, 6.07) is 36.3. The van der Waals surface area contributed by atoms with Crippen molar-refractivity contribution in [1.29, 1.82) is 0 Å². The Labute approximate surface area is 207 Å². The van der Waals surface area contributed by atoms with Crippen LogP contribution in [0.25, 0.3) is 33.6 Å². The summed E-state index contributed by atoms with van der Waals surface area (Å²) in [6.45, 7) is 2.03. The molecule has 0 amide bonds. The predicted molar refractivity (Wildman–Crippen MR) is 127 cm³/mol. The Bertz CT molecular complexity index is 1240. The van der Waals surface area contributed by atoms with Crippen molar-refractivity contribution in [3.05, 3.63) is 133 Å². The molecule has 2 heterocycles. The fourth-order valence-electron chi connectivity index (χ4n) is 3.38. The van der Waals surface area contributed by atoms with Gasteiger partial charge in [0.25, 0.3) is 0 Å². The summed E-state index contributed by atoms with van der Waals surface area (Å²) in [7, 11) is 0. The van der Waals surface area contributed by atoms with Gasteiger partial charge in [0.2, 0.25) is 0 Å². The molecule has 0 atom stereocenters. The standard InChI is InChI=1S/C18H13FN.C11H8N.Ir/c1-13-10-11-20-18(15-8-5-9-16(19)12-15)17(13)14-6-3-2-4-7-14;1-2-6-10(7-3-1)11-8-4-5-9-12-11;/h2-7,9-12H,1H3;1-6,8-9H;/q2*-1;. The topological polar surface area (TPSA) is 25.8 Å². The van der Waals surface area contributed by atoms with Gasteiger partial charge in [0.15, 0.2) is 0 Å². The zero-order chi connectivity index (χ0) is 22.2. The van der Waals surface area contributed by atoms with Crippen LogP contribution in [-0.4, -0.2) is 9.97 Å². The number of aromatic nitrogens is 2. The number of halogens is 1. The Morgan fingerprint density at radius 3 is 2.15 bits per heavy atom. The van der Waals surface area contributed by atoms with Crippen molar-refractivity contribution < 1.29 is 24.5 Å². The van der Waals surface area contributed by atoms with Crippen LogP contribution in [0.1, 0.15) is 5.56 Å². The number of aryl methyl sites for hydroxylation is 1. The van der Waals surface area contributed by atoms with E-state index in [9.17, 15) is 4.39 Å². The molecular weight excluding hydrogens is 588 g/mol. The summed E-state index contributed by atoms with van der Waals surface area (Å²) >= 11 is 0. The van der Waals surface area contributed by atoms with Crippen molar-refractivity contribution in [2.75, 3.05) is 0 Å². The molecule has 2 nitrogen and oxygen atoms in total. The van der Waals surface area contributed by atoms with E-state index in [1.165, 1.54) is 12.1 Å². The molecule has 0 bridgehead atoms. The van der Waals surface area contributed by atoms with Gasteiger partial charge >= 0.3 is 0 Å². The predicted octanol–water partition coefficient (Wildman–Crippen LogP) is 7.21. The second kappa shape index (κ2) is 12.0. The molecule has 4 heteroatoms. The summed E-state index contributed by atoms with van der Waals surface area (Å²) < 4.78 is 13.4. The maximum Gasteiger partial charge on any atom is 0.0418 e. The van der Waals surface area contributed by atoms with E-state index >= 15 is 0 Å². The first-order valence-corrected chi connectivity index (χ1v) is 10.3. The number of hydrogen-bond donors (Lipinski definition) is 0. The van der Waals surface area contributed by atoms with Crippen LogP contribution in [0.4, 0.5) is 4.39 Å². The average Bonchev–Trinajstić information content (AvgIpc) is 2.86. The Balaban J connectivity index is 0.000000202. The summed E-state index contributed by atoms with van der Waals surface area (Å²) in [5.41, 5.74) is 6.65. The van der Waals surface area contributed by atoms with Gasteiger partial charge in [0.1, 0.15) is 0 Å². The summed E-state index contributed by atoms with van der Waals surface area (Å²) in [5, 5.41) is 0. The summed E-state index contributed by atoms with van der Waals surface area (Å²) in [4.78, 5) is 8.65. The van der Waals surface area contributed by atoms with Crippen LogP contribution in [-0.2, 0) is 20.1 Å². The molecule has 0 saturated carbocycles. The minimum absolute atomic E-state index is 0. The maximum absolute atomic E-state index is 13.4. The van der Waals surface area contributed by atoms with Crippen LogP contribution in [0.3, 0.4) is 0 Å². The van der Waals surface area contributed by atoms with E-state index in [-0.39, 0.29) is 25.9 Å². The van der Waals surface area contributed by atoms with Gasteiger partial charge in [0.05, 0.1) is 0 Å². The molecule has 0 aliphatic rings. The summed E-state index contributed by atoms with van der Waals surface area (Å²) in [5.74, 6) is -0.277. The summed E-state index contributed by atoms with van der Waals surface area (Å²) in [6.07, 6.45) is 3.53. The smallest absolute Gasteiger partial charge is 0.0418 e. The van der Waals surface area contributed by atoms with Crippen molar-refractivity contribution in [3.63, 3.8) is 0 Å². The van der Waals surface area contributed by atoms with Crippen LogP contribution in [0.15, 0.2) is 109 Å². The van der Waals surface area contributed by atoms with E-state index < -0.39 is 0 Å². The molecule has 2 aromatic heterocycles. The van der Waals surface area contributed by atoms with E-state index in [1.54, 1.807) is 18.5 Å². The molecular formula is C29H21FIrN2-2. The van der Waals surface area contributed by atoms with E-state index in [0.29, 0.717) is 5.56 Å². The van der Waals surface area contributed by atoms with Gasteiger partial charge in [-0.1, -0.05) is 42.5 Å². The number of nitrogens with zero attached hydrogens (tertiary/aromatic N) is 2. The van der Waals surface area contributed by atoms with Crippen molar-refractivity contribution in [2.24, 2.45) is 0 Å². The molecule has 0 aliphatic heterocycles. The van der Waals surface area contributed by atoms with Crippen LogP contribution < -0.4 is 0 Å². The largest absolute Gasteiger partial charge is 0.305 e. The third-order valence-corrected chi connectivity index (χ3v) is 4.89. The van der Waals surface area contributed by atoms with Gasteiger partial charge in [-0.2, -0.15) is 0 Å². The molecule has 5 aromatic rings. The average molecular weight is 609 g/mol. The normalized spacial score (nSPS) is 9.88. The fraction of sp³-hybridized carbons (Fsp3) is 0.0345. The zero-order valence-corrected chi connectivity index (χ0v) is 20.4. The molecule has 0 N–H and O–H groups in total. The monoisotopic (exact) mass is 609 g/mol. The van der Waals surface area contributed by atoms with E-state index in [0.717, 1.165) is 33.6 Å². The van der Waals surface area contributed by atoms with Crippen molar-refractivity contribution in [3.8, 4) is 33.6 Å².